The molecule has 2 unspecified atom stereocenters. The van der Waals surface area contributed by atoms with E-state index in [4.69, 9.17) is 0 Å². The van der Waals surface area contributed by atoms with E-state index >= 15 is 0 Å². The van der Waals surface area contributed by atoms with Crippen LogP contribution in [0.3, 0.4) is 0 Å². The van der Waals surface area contributed by atoms with Gasteiger partial charge < -0.3 is 15.2 Å². The van der Waals surface area contributed by atoms with E-state index in [1.54, 1.807) is 4.90 Å². The number of aromatic amines is 1. The topological polar surface area (TPSA) is 51.4 Å². The number of urea groups is 1. The maximum absolute atomic E-state index is 13.5. The summed E-state index contributed by atoms with van der Waals surface area (Å²) in [7, 11) is 0. The highest BCUT2D eigenvalue weighted by Gasteiger charge is 2.33. The number of carbonyl (C=O) groups excluding carboxylic acids is 1. The first kappa shape index (κ1) is 21.0. The van der Waals surface area contributed by atoms with Gasteiger partial charge in [0.25, 0.3) is 0 Å². The predicted molar refractivity (Wildman–Crippen MR) is 139 cm³/mol. The van der Waals surface area contributed by atoms with Crippen LogP contribution in [0.25, 0.3) is 10.9 Å². The maximum atomic E-state index is 13.5. The molecule has 0 spiro atoms. The average molecular weight is 451 g/mol. The Morgan fingerprint density at radius 1 is 0.912 bits per heavy atom. The highest BCUT2D eigenvalue weighted by atomic mass is 16.2. The molecule has 0 radical (unpaired) electrons. The Morgan fingerprint density at radius 3 is 2.53 bits per heavy atom. The summed E-state index contributed by atoms with van der Waals surface area (Å²) in [6.45, 7) is 2.45. The normalized spacial score (nSPS) is 20.2. The number of H-pyrrole nitrogens is 1. The first-order valence-corrected chi connectivity index (χ1v) is 12.3. The number of nitrogens with zero attached hydrogens (tertiary/aromatic N) is 2. The summed E-state index contributed by atoms with van der Waals surface area (Å²) in [6.07, 6.45) is 7.28. The molecule has 2 aliphatic rings. The van der Waals surface area contributed by atoms with E-state index in [0.29, 0.717) is 5.92 Å². The molecule has 2 saturated heterocycles. The van der Waals surface area contributed by atoms with Crippen LogP contribution in [0.1, 0.15) is 37.2 Å². The van der Waals surface area contributed by atoms with Crippen LogP contribution in [0.2, 0.25) is 0 Å². The van der Waals surface area contributed by atoms with E-state index in [1.165, 1.54) is 49.7 Å². The molecule has 1 aromatic heterocycles. The molecule has 0 aliphatic carbocycles. The zero-order valence-corrected chi connectivity index (χ0v) is 19.3. The van der Waals surface area contributed by atoms with Crippen molar-refractivity contribution in [2.45, 2.75) is 37.6 Å². The zero-order chi connectivity index (χ0) is 22.9. The Balaban J connectivity index is 1.36. The van der Waals surface area contributed by atoms with E-state index in [9.17, 15) is 4.79 Å². The molecule has 2 fully saturated rings. The third-order valence-corrected chi connectivity index (χ3v) is 7.46. The van der Waals surface area contributed by atoms with Crippen molar-refractivity contribution >= 4 is 34.0 Å². The molecule has 4 aromatic rings. The fraction of sp³-hybridized carbons (Fsp3) is 0.276. The van der Waals surface area contributed by atoms with Gasteiger partial charge in [-0.05, 0) is 92.7 Å². The van der Waals surface area contributed by atoms with Gasteiger partial charge in [-0.1, -0.05) is 36.4 Å². The predicted octanol–water partition coefficient (Wildman–Crippen LogP) is 6.88. The van der Waals surface area contributed by atoms with E-state index in [1.807, 2.05) is 66.7 Å². The molecule has 34 heavy (non-hydrogen) atoms. The lowest BCUT2D eigenvalue weighted by atomic mass is 9.85. The fourth-order valence-corrected chi connectivity index (χ4v) is 5.78. The van der Waals surface area contributed by atoms with E-state index in [2.05, 4.69) is 33.5 Å². The van der Waals surface area contributed by atoms with Crippen molar-refractivity contribution in [3.05, 3.63) is 90.6 Å². The third kappa shape index (κ3) is 3.97. The molecule has 5 nitrogen and oxygen atoms in total. The number of hydrogen-bond acceptors (Lipinski definition) is 2. The van der Waals surface area contributed by atoms with Gasteiger partial charge in [-0.15, -0.1) is 0 Å². The van der Waals surface area contributed by atoms with Gasteiger partial charge in [0.15, 0.2) is 0 Å². The Kier molecular flexibility index (Phi) is 5.55. The van der Waals surface area contributed by atoms with Gasteiger partial charge >= 0.3 is 6.03 Å². The summed E-state index contributed by atoms with van der Waals surface area (Å²) in [5, 5.41) is 4.28. The smallest absolute Gasteiger partial charge is 0.330 e. The lowest BCUT2D eigenvalue weighted by molar-refractivity contribution is 0.181. The van der Waals surface area contributed by atoms with Crippen molar-refractivity contribution in [3.63, 3.8) is 0 Å². The quantitative estimate of drug-likeness (QED) is 0.356. The number of nitrogens with one attached hydrogen (secondary N) is 2. The van der Waals surface area contributed by atoms with E-state index < -0.39 is 0 Å². The number of rotatable bonds is 4. The number of hydrogen-bond donors (Lipinski definition) is 2. The highest BCUT2D eigenvalue weighted by Crippen LogP contribution is 2.40. The number of amides is 2. The molecule has 5 heteroatoms. The SMILES string of the molecule is O=C(Nc1ccccc1)N(c1ccccc1)c1ccc2[nH]cc(C3CCN4CCCC4C3)c2c1. The third-order valence-electron chi connectivity index (χ3n) is 7.46. The minimum Gasteiger partial charge on any atom is -0.361 e. The Labute approximate surface area is 200 Å². The Hall–Kier alpha value is -3.57. The standard InChI is InChI=1S/C29H30N4O/c34-29(31-22-8-3-1-4-9-22)33(23-10-5-2-6-11-23)25-13-14-28-26(19-25)27(20-30-28)21-15-17-32-16-7-12-24(32)18-21/h1-6,8-11,13-14,19-21,24,30H,7,12,15-18H2,(H,31,34). The molecule has 2 amide bonds. The van der Waals surface area contributed by atoms with Crippen molar-refractivity contribution in [1.29, 1.82) is 0 Å². The molecule has 0 saturated carbocycles. The van der Waals surface area contributed by atoms with Crippen molar-refractivity contribution in [2.75, 3.05) is 23.3 Å². The van der Waals surface area contributed by atoms with Gasteiger partial charge in [0.05, 0.1) is 11.4 Å². The van der Waals surface area contributed by atoms with Crippen LogP contribution in [0.4, 0.5) is 21.9 Å². The molecule has 172 valence electrons. The van der Waals surface area contributed by atoms with Gasteiger partial charge in [-0.25, -0.2) is 4.79 Å². The second-order valence-corrected chi connectivity index (χ2v) is 9.49. The molecule has 3 aromatic carbocycles. The number of carbonyl (C=O) groups is 1. The first-order valence-electron chi connectivity index (χ1n) is 12.3. The summed E-state index contributed by atoms with van der Waals surface area (Å²) in [5.41, 5.74) is 5.00. The molecule has 2 aliphatic heterocycles. The minimum absolute atomic E-state index is 0.173. The van der Waals surface area contributed by atoms with E-state index in [-0.39, 0.29) is 6.03 Å². The number of aromatic nitrogens is 1. The molecule has 2 atom stereocenters. The van der Waals surface area contributed by atoms with Gasteiger partial charge in [-0.3, -0.25) is 4.90 Å². The summed E-state index contributed by atoms with van der Waals surface area (Å²) >= 11 is 0. The van der Waals surface area contributed by atoms with Gasteiger partial charge in [0, 0.05) is 28.8 Å². The number of para-hydroxylation sites is 2. The molecule has 2 N–H and O–H groups in total. The second kappa shape index (κ2) is 8.99. The lowest BCUT2D eigenvalue weighted by Gasteiger charge is -2.34. The van der Waals surface area contributed by atoms with Crippen molar-refractivity contribution in [1.82, 2.24) is 9.88 Å². The minimum atomic E-state index is -0.173. The number of piperidine rings is 1. The second-order valence-electron chi connectivity index (χ2n) is 9.49. The molecule has 0 bridgehead atoms. The number of benzene rings is 3. The van der Waals surface area contributed by atoms with Crippen LogP contribution in [0, 0.1) is 0 Å². The lowest BCUT2D eigenvalue weighted by Crippen LogP contribution is -2.37. The number of anilines is 3. The van der Waals surface area contributed by atoms with Crippen LogP contribution in [-0.2, 0) is 0 Å². The zero-order valence-electron chi connectivity index (χ0n) is 19.3. The molecular weight excluding hydrogens is 420 g/mol. The number of fused-ring (bicyclic) bond motifs is 2. The van der Waals surface area contributed by atoms with Crippen LogP contribution in [0.5, 0.6) is 0 Å². The van der Waals surface area contributed by atoms with Crippen LogP contribution < -0.4 is 10.2 Å². The molecule has 6 rings (SSSR count). The van der Waals surface area contributed by atoms with E-state index in [0.717, 1.165) is 28.6 Å². The molecule has 3 heterocycles. The average Bonchev–Trinajstić information content (AvgIpc) is 3.52. The van der Waals surface area contributed by atoms with Crippen LogP contribution in [0.15, 0.2) is 85.1 Å². The van der Waals surface area contributed by atoms with Gasteiger partial charge in [-0.2, -0.15) is 0 Å². The Morgan fingerprint density at radius 2 is 1.71 bits per heavy atom. The van der Waals surface area contributed by atoms with Crippen molar-refractivity contribution in [2.24, 2.45) is 0 Å². The molecular formula is C29H30N4O. The summed E-state index contributed by atoms with van der Waals surface area (Å²) in [6, 6.07) is 26.3. The maximum Gasteiger partial charge on any atom is 0.330 e. The van der Waals surface area contributed by atoms with Crippen molar-refractivity contribution in [3.8, 4) is 0 Å². The summed E-state index contributed by atoms with van der Waals surface area (Å²) in [5.74, 6) is 0.562. The fourth-order valence-electron chi connectivity index (χ4n) is 5.78. The van der Waals surface area contributed by atoms with Gasteiger partial charge in [0.1, 0.15) is 0 Å². The monoisotopic (exact) mass is 450 g/mol. The van der Waals surface area contributed by atoms with Crippen LogP contribution >= 0.6 is 0 Å². The summed E-state index contributed by atoms with van der Waals surface area (Å²) in [4.78, 5) is 21.4. The Bertz CT molecular complexity index is 1280. The first-order chi connectivity index (χ1) is 16.8. The summed E-state index contributed by atoms with van der Waals surface area (Å²) < 4.78 is 0. The van der Waals surface area contributed by atoms with Gasteiger partial charge in [0.2, 0.25) is 0 Å². The highest BCUT2D eigenvalue weighted by molar-refractivity contribution is 6.08. The van der Waals surface area contributed by atoms with Crippen molar-refractivity contribution < 1.29 is 4.79 Å². The van der Waals surface area contributed by atoms with Crippen LogP contribution in [-0.4, -0.2) is 35.0 Å². The largest absolute Gasteiger partial charge is 0.361 e.